The van der Waals surface area contributed by atoms with Gasteiger partial charge in [-0.1, -0.05) is 35.3 Å². The van der Waals surface area contributed by atoms with Gasteiger partial charge in [0.05, 0.1) is 23.9 Å². The van der Waals surface area contributed by atoms with Crippen LogP contribution in [0.3, 0.4) is 0 Å². The molecule has 8 nitrogen and oxygen atoms in total. The second-order valence-electron chi connectivity index (χ2n) is 6.86. The Morgan fingerprint density at radius 3 is 2.53 bits per heavy atom. The number of hydrogen-bond acceptors (Lipinski definition) is 6. The number of aromatic carboxylic acids is 1. The number of carboxylic acids is 1. The van der Waals surface area contributed by atoms with Crippen LogP contribution in [0.2, 0.25) is 10.0 Å². The molecule has 3 aromatic rings. The van der Waals surface area contributed by atoms with Crippen molar-refractivity contribution in [3.8, 4) is 17.2 Å². The van der Waals surface area contributed by atoms with Crippen LogP contribution >= 0.6 is 23.2 Å². The molecular formula is C24H20Cl2N2O6. The van der Waals surface area contributed by atoms with Gasteiger partial charge in [0.2, 0.25) is 0 Å². The van der Waals surface area contributed by atoms with Gasteiger partial charge in [-0.25, -0.2) is 10.2 Å². The highest BCUT2D eigenvalue weighted by atomic mass is 35.5. The number of hydrogen-bond donors (Lipinski definition) is 2. The highest BCUT2D eigenvalue weighted by molar-refractivity contribution is 6.35. The fourth-order valence-electron chi connectivity index (χ4n) is 2.79. The SMILES string of the molecule is COc1cc(/C=N/NC(=O)COc2ccc(Cl)cc2Cl)ccc1OCc1cccc(C(=O)O)c1. The lowest BCUT2D eigenvalue weighted by Crippen LogP contribution is -2.24. The summed E-state index contributed by atoms with van der Waals surface area (Å²) in [5, 5.41) is 13.8. The topological polar surface area (TPSA) is 106 Å². The molecule has 0 heterocycles. The van der Waals surface area contributed by atoms with E-state index in [0.29, 0.717) is 38.4 Å². The average Bonchev–Trinajstić information content (AvgIpc) is 2.82. The van der Waals surface area contributed by atoms with Gasteiger partial charge in [-0.3, -0.25) is 4.79 Å². The highest BCUT2D eigenvalue weighted by Gasteiger charge is 2.09. The van der Waals surface area contributed by atoms with Crippen LogP contribution in [0, 0.1) is 0 Å². The third kappa shape index (κ3) is 7.13. The van der Waals surface area contributed by atoms with Gasteiger partial charge in [-0.15, -0.1) is 0 Å². The molecule has 1 amide bonds. The van der Waals surface area contributed by atoms with Gasteiger partial charge in [-0.05, 0) is 59.7 Å². The normalized spacial score (nSPS) is 10.7. The lowest BCUT2D eigenvalue weighted by Gasteiger charge is -2.11. The zero-order valence-corrected chi connectivity index (χ0v) is 19.5. The molecule has 2 N–H and O–H groups in total. The molecule has 0 aliphatic rings. The summed E-state index contributed by atoms with van der Waals surface area (Å²) in [6.07, 6.45) is 1.44. The number of nitrogens with one attached hydrogen (secondary N) is 1. The molecule has 0 spiro atoms. The first-order chi connectivity index (χ1) is 16.4. The number of carbonyl (C=O) groups is 2. The molecule has 3 rings (SSSR count). The maximum atomic E-state index is 11.9. The number of rotatable bonds is 10. The Hall–Kier alpha value is -3.75. The van der Waals surface area contributed by atoms with Crippen LogP contribution in [0.1, 0.15) is 21.5 Å². The van der Waals surface area contributed by atoms with E-state index in [0.717, 1.165) is 0 Å². The lowest BCUT2D eigenvalue weighted by atomic mass is 10.1. The molecular weight excluding hydrogens is 483 g/mol. The minimum Gasteiger partial charge on any atom is -0.493 e. The van der Waals surface area contributed by atoms with E-state index in [1.165, 1.54) is 25.5 Å². The second kappa shape index (κ2) is 11.9. The van der Waals surface area contributed by atoms with Crippen molar-refractivity contribution in [3.05, 3.63) is 87.4 Å². The lowest BCUT2D eigenvalue weighted by molar-refractivity contribution is -0.123. The molecule has 0 saturated carbocycles. The van der Waals surface area contributed by atoms with Gasteiger partial charge in [0.25, 0.3) is 5.91 Å². The van der Waals surface area contributed by atoms with Crippen molar-refractivity contribution in [1.29, 1.82) is 0 Å². The number of hydrazone groups is 1. The second-order valence-corrected chi connectivity index (χ2v) is 7.70. The Kier molecular flexibility index (Phi) is 8.73. The number of carbonyl (C=O) groups excluding carboxylic acids is 1. The third-order valence-corrected chi connectivity index (χ3v) is 4.94. The summed E-state index contributed by atoms with van der Waals surface area (Å²) in [5.74, 6) is -0.225. The zero-order valence-electron chi connectivity index (χ0n) is 18.0. The Morgan fingerprint density at radius 2 is 1.79 bits per heavy atom. The van der Waals surface area contributed by atoms with E-state index in [1.54, 1.807) is 48.5 Å². The minimum atomic E-state index is -1.00. The van der Waals surface area contributed by atoms with Gasteiger partial charge >= 0.3 is 5.97 Å². The number of amides is 1. The number of benzene rings is 3. The molecule has 34 heavy (non-hydrogen) atoms. The number of halogens is 2. The molecule has 0 atom stereocenters. The molecule has 0 saturated heterocycles. The van der Waals surface area contributed by atoms with Crippen molar-refractivity contribution in [2.75, 3.05) is 13.7 Å². The Labute approximate surface area is 205 Å². The van der Waals surface area contributed by atoms with E-state index in [1.807, 2.05) is 0 Å². The Morgan fingerprint density at radius 1 is 1.00 bits per heavy atom. The maximum Gasteiger partial charge on any atom is 0.335 e. The molecule has 0 fully saturated rings. The highest BCUT2D eigenvalue weighted by Crippen LogP contribution is 2.29. The van der Waals surface area contributed by atoms with Crippen molar-refractivity contribution < 1.29 is 28.9 Å². The summed E-state index contributed by atoms with van der Waals surface area (Å²) in [7, 11) is 1.50. The zero-order chi connectivity index (χ0) is 24.5. The number of ether oxygens (including phenoxy) is 3. The van der Waals surface area contributed by atoms with Gasteiger partial charge < -0.3 is 19.3 Å². The molecule has 0 radical (unpaired) electrons. The van der Waals surface area contributed by atoms with E-state index in [9.17, 15) is 9.59 Å². The quantitative estimate of drug-likeness (QED) is 0.304. The summed E-state index contributed by atoms with van der Waals surface area (Å²) >= 11 is 11.8. The van der Waals surface area contributed by atoms with Crippen molar-refractivity contribution in [1.82, 2.24) is 5.43 Å². The number of carboxylic acid groups (broad SMARTS) is 1. The maximum absolute atomic E-state index is 11.9. The van der Waals surface area contributed by atoms with E-state index in [2.05, 4.69) is 10.5 Å². The largest absolute Gasteiger partial charge is 0.493 e. The number of nitrogens with zero attached hydrogens (tertiary/aromatic N) is 1. The standard InChI is InChI=1S/C24H20Cl2N2O6/c1-32-22-10-15(5-7-21(22)33-13-16-3-2-4-17(9-16)24(30)31)12-27-28-23(29)14-34-20-8-6-18(25)11-19(20)26/h2-12H,13-14H2,1H3,(H,28,29)(H,30,31)/b27-12+. The van der Waals surface area contributed by atoms with Gasteiger partial charge in [0, 0.05) is 5.02 Å². The predicted octanol–water partition coefficient (Wildman–Crippen LogP) is 4.81. The monoisotopic (exact) mass is 502 g/mol. The first-order valence-corrected chi connectivity index (χ1v) is 10.6. The Balaban J connectivity index is 1.54. The minimum absolute atomic E-state index is 0.165. The van der Waals surface area contributed by atoms with E-state index < -0.39 is 11.9 Å². The van der Waals surface area contributed by atoms with Crippen molar-refractivity contribution >= 4 is 41.3 Å². The summed E-state index contributed by atoms with van der Waals surface area (Å²) in [4.78, 5) is 23.1. The van der Waals surface area contributed by atoms with E-state index >= 15 is 0 Å². The Bertz CT molecular complexity index is 1220. The van der Waals surface area contributed by atoms with E-state index in [4.69, 9.17) is 42.5 Å². The van der Waals surface area contributed by atoms with Gasteiger partial charge in [0.1, 0.15) is 12.4 Å². The van der Waals surface area contributed by atoms with Crippen LogP contribution < -0.4 is 19.6 Å². The fourth-order valence-corrected chi connectivity index (χ4v) is 3.25. The number of methoxy groups -OCH3 is 1. The van der Waals surface area contributed by atoms with E-state index in [-0.39, 0.29) is 18.8 Å². The first-order valence-electron chi connectivity index (χ1n) is 9.88. The van der Waals surface area contributed by atoms with Crippen LogP contribution in [0.5, 0.6) is 17.2 Å². The first kappa shape index (κ1) is 24.9. The van der Waals surface area contributed by atoms with Crippen molar-refractivity contribution in [3.63, 3.8) is 0 Å². The van der Waals surface area contributed by atoms with Crippen LogP contribution in [0.15, 0.2) is 65.8 Å². The predicted molar refractivity (Wildman–Crippen MR) is 128 cm³/mol. The smallest absolute Gasteiger partial charge is 0.335 e. The van der Waals surface area contributed by atoms with Crippen LogP contribution in [0.25, 0.3) is 0 Å². The van der Waals surface area contributed by atoms with Gasteiger partial charge in [-0.2, -0.15) is 5.10 Å². The third-order valence-electron chi connectivity index (χ3n) is 4.41. The summed E-state index contributed by atoms with van der Waals surface area (Å²) in [6.45, 7) is -0.115. The van der Waals surface area contributed by atoms with Crippen molar-refractivity contribution in [2.24, 2.45) is 5.10 Å². The summed E-state index contributed by atoms with van der Waals surface area (Å²) in [5.41, 5.74) is 3.90. The fraction of sp³-hybridized carbons (Fsp3) is 0.125. The summed E-state index contributed by atoms with van der Waals surface area (Å²) < 4.78 is 16.5. The molecule has 0 aromatic heterocycles. The van der Waals surface area contributed by atoms with Crippen molar-refractivity contribution in [2.45, 2.75) is 6.61 Å². The molecule has 3 aromatic carbocycles. The molecule has 0 bridgehead atoms. The van der Waals surface area contributed by atoms with Gasteiger partial charge in [0.15, 0.2) is 18.1 Å². The molecule has 0 unspecified atom stereocenters. The molecule has 0 aliphatic carbocycles. The molecule has 10 heteroatoms. The van der Waals surface area contributed by atoms with Crippen LogP contribution in [-0.4, -0.2) is 36.9 Å². The average molecular weight is 503 g/mol. The molecule has 0 aliphatic heterocycles. The van der Waals surface area contributed by atoms with Crippen LogP contribution in [0.4, 0.5) is 0 Å². The van der Waals surface area contributed by atoms with Crippen LogP contribution in [-0.2, 0) is 11.4 Å². The summed E-state index contributed by atoms with van der Waals surface area (Å²) in [6, 6.07) is 16.3. The molecule has 176 valence electrons.